The molecule has 0 saturated heterocycles. The summed E-state index contributed by atoms with van der Waals surface area (Å²) in [5, 5.41) is 8.35. The molecule has 2 aromatic carbocycles. The summed E-state index contributed by atoms with van der Waals surface area (Å²) >= 11 is 5.95. The average Bonchev–Trinajstić information content (AvgIpc) is 3.18. The molecule has 2 aromatic heterocycles. The van der Waals surface area contributed by atoms with Crippen molar-refractivity contribution in [3.05, 3.63) is 94.8 Å². The Bertz CT molecular complexity index is 1120. The minimum Gasteiger partial charge on any atom is -0.350 e. The summed E-state index contributed by atoms with van der Waals surface area (Å²) in [6.07, 6.45) is 3.15. The van der Waals surface area contributed by atoms with E-state index in [1.807, 2.05) is 55.5 Å². The van der Waals surface area contributed by atoms with Crippen LogP contribution in [0, 0.1) is 6.92 Å². The van der Waals surface area contributed by atoms with Gasteiger partial charge in [-0.25, -0.2) is 0 Å². The Kier molecular flexibility index (Phi) is 5.35. The molecule has 4 aromatic rings. The third-order valence-electron chi connectivity index (χ3n) is 4.40. The second-order valence-corrected chi connectivity index (χ2v) is 6.99. The maximum atomic E-state index is 13.0. The number of halogens is 1. The Morgan fingerprint density at radius 2 is 1.69 bits per heavy atom. The van der Waals surface area contributed by atoms with Gasteiger partial charge < -0.3 is 5.32 Å². The van der Waals surface area contributed by atoms with Crippen LogP contribution in [0.4, 0.5) is 5.95 Å². The minimum absolute atomic E-state index is 0.281. The smallest absolute Gasteiger partial charge is 0.281 e. The molecule has 0 amide bonds. The van der Waals surface area contributed by atoms with Gasteiger partial charge >= 0.3 is 0 Å². The lowest BCUT2D eigenvalue weighted by Crippen LogP contribution is -2.17. The Hall–Kier alpha value is -3.51. The van der Waals surface area contributed by atoms with Gasteiger partial charge in [0, 0.05) is 35.1 Å². The minimum atomic E-state index is -0.281. The van der Waals surface area contributed by atoms with Gasteiger partial charge in [0.05, 0.1) is 0 Å². The van der Waals surface area contributed by atoms with Crippen molar-refractivity contribution in [1.29, 1.82) is 0 Å². The van der Waals surface area contributed by atoms with Crippen molar-refractivity contribution < 1.29 is 4.79 Å². The number of carbonyl (C=O) groups is 1. The lowest BCUT2D eigenvalue weighted by Gasteiger charge is -2.07. The molecule has 0 radical (unpaired) electrons. The average molecular weight is 404 g/mol. The van der Waals surface area contributed by atoms with E-state index < -0.39 is 0 Å². The topological polar surface area (TPSA) is 72.7 Å². The van der Waals surface area contributed by atoms with Crippen molar-refractivity contribution in [3.8, 4) is 11.4 Å². The molecule has 6 nitrogen and oxygen atoms in total. The zero-order valence-corrected chi connectivity index (χ0v) is 16.5. The van der Waals surface area contributed by atoms with Gasteiger partial charge in [0.1, 0.15) is 0 Å². The van der Waals surface area contributed by atoms with Crippen molar-refractivity contribution in [3.63, 3.8) is 0 Å². The highest BCUT2D eigenvalue weighted by Crippen LogP contribution is 2.20. The third-order valence-corrected chi connectivity index (χ3v) is 4.65. The molecule has 7 heteroatoms. The molecular formula is C22H18ClN5O. The number of pyridine rings is 1. The molecule has 0 spiro atoms. The van der Waals surface area contributed by atoms with Gasteiger partial charge in [-0.2, -0.15) is 9.67 Å². The van der Waals surface area contributed by atoms with Gasteiger partial charge in [-0.15, -0.1) is 5.10 Å². The molecule has 0 aliphatic rings. The van der Waals surface area contributed by atoms with Gasteiger partial charge in [-0.3, -0.25) is 9.78 Å². The van der Waals surface area contributed by atoms with E-state index in [0.717, 1.165) is 16.7 Å². The Morgan fingerprint density at radius 1 is 1.00 bits per heavy atom. The summed E-state index contributed by atoms with van der Waals surface area (Å²) in [6.45, 7) is 2.49. The number of anilines is 1. The highest BCUT2D eigenvalue weighted by Gasteiger charge is 2.18. The molecule has 0 fully saturated rings. The Morgan fingerprint density at radius 3 is 2.38 bits per heavy atom. The predicted molar refractivity (Wildman–Crippen MR) is 113 cm³/mol. The van der Waals surface area contributed by atoms with E-state index in [1.165, 1.54) is 4.68 Å². The molecule has 0 saturated carbocycles. The van der Waals surface area contributed by atoms with Gasteiger partial charge in [0.2, 0.25) is 5.95 Å². The van der Waals surface area contributed by atoms with E-state index in [0.29, 0.717) is 28.9 Å². The summed E-state index contributed by atoms with van der Waals surface area (Å²) in [7, 11) is 0. The molecular weight excluding hydrogens is 386 g/mol. The number of hydrogen-bond acceptors (Lipinski definition) is 5. The first-order valence-electron chi connectivity index (χ1n) is 9.07. The maximum Gasteiger partial charge on any atom is 0.281 e. The molecule has 0 aliphatic carbocycles. The van der Waals surface area contributed by atoms with Crippen molar-refractivity contribution in [2.24, 2.45) is 0 Å². The number of rotatable bonds is 5. The normalized spacial score (nSPS) is 10.7. The first kappa shape index (κ1) is 18.8. The van der Waals surface area contributed by atoms with Crippen LogP contribution in [-0.2, 0) is 6.54 Å². The molecule has 0 atom stereocenters. The van der Waals surface area contributed by atoms with Crippen LogP contribution < -0.4 is 5.32 Å². The molecule has 29 heavy (non-hydrogen) atoms. The molecule has 2 heterocycles. The molecule has 0 aliphatic heterocycles. The van der Waals surface area contributed by atoms with Crippen LogP contribution in [0.2, 0.25) is 5.02 Å². The van der Waals surface area contributed by atoms with E-state index in [4.69, 9.17) is 11.6 Å². The number of hydrogen-bond donors (Lipinski definition) is 1. The fourth-order valence-electron chi connectivity index (χ4n) is 2.79. The number of benzene rings is 2. The first-order valence-corrected chi connectivity index (χ1v) is 9.45. The van der Waals surface area contributed by atoms with Crippen LogP contribution in [0.3, 0.4) is 0 Å². The molecule has 1 N–H and O–H groups in total. The number of nitrogens with zero attached hydrogens (tertiary/aromatic N) is 4. The van der Waals surface area contributed by atoms with Crippen LogP contribution >= 0.6 is 11.6 Å². The standard InChI is InChI=1S/C22H18ClN5O/c1-15-2-6-17(7-3-15)20-26-22(25-14-16-4-8-19(23)9-5-16)28(27-20)21(29)18-10-12-24-13-11-18/h2-13H,14H2,1H3,(H,25,26,27). The zero-order valence-electron chi connectivity index (χ0n) is 15.7. The van der Waals surface area contributed by atoms with Gasteiger partial charge in [-0.05, 0) is 36.8 Å². The molecule has 144 valence electrons. The van der Waals surface area contributed by atoms with Crippen LogP contribution in [-0.4, -0.2) is 25.7 Å². The second-order valence-electron chi connectivity index (χ2n) is 6.56. The molecule has 4 rings (SSSR count). The summed E-state index contributed by atoms with van der Waals surface area (Å²) in [5.74, 6) is 0.570. The lowest BCUT2D eigenvalue weighted by molar-refractivity contribution is 0.0947. The fraction of sp³-hybridized carbons (Fsp3) is 0.0909. The molecule has 0 bridgehead atoms. The number of carbonyl (C=O) groups excluding carboxylic acids is 1. The van der Waals surface area contributed by atoms with Gasteiger partial charge in [0.15, 0.2) is 5.82 Å². The summed E-state index contributed by atoms with van der Waals surface area (Å²) < 4.78 is 1.29. The SMILES string of the molecule is Cc1ccc(-c2nc(NCc3ccc(Cl)cc3)n(C(=O)c3ccncc3)n2)cc1. The van der Waals surface area contributed by atoms with Gasteiger partial charge in [-0.1, -0.05) is 53.6 Å². The van der Waals surface area contributed by atoms with Crippen LogP contribution in [0.1, 0.15) is 21.5 Å². The van der Waals surface area contributed by atoms with Crippen molar-refractivity contribution in [2.45, 2.75) is 13.5 Å². The maximum absolute atomic E-state index is 13.0. The predicted octanol–water partition coefficient (Wildman–Crippen LogP) is 4.60. The Balaban J connectivity index is 1.68. The highest BCUT2D eigenvalue weighted by molar-refractivity contribution is 6.30. The third kappa shape index (κ3) is 4.33. The van der Waals surface area contributed by atoms with E-state index in [1.54, 1.807) is 24.5 Å². The monoisotopic (exact) mass is 403 g/mol. The van der Waals surface area contributed by atoms with Crippen molar-refractivity contribution in [2.75, 3.05) is 5.32 Å². The summed E-state index contributed by atoms with van der Waals surface area (Å²) in [5.41, 5.74) is 3.47. The Labute approximate surface area is 173 Å². The zero-order chi connectivity index (χ0) is 20.2. The van der Waals surface area contributed by atoms with E-state index in [2.05, 4.69) is 20.4 Å². The van der Waals surface area contributed by atoms with E-state index in [-0.39, 0.29) is 5.91 Å². The lowest BCUT2D eigenvalue weighted by atomic mass is 10.1. The quantitative estimate of drug-likeness (QED) is 0.527. The highest BCUT2D eigenvalue weighted by atomic mass is 35.5. The molecule has 0 unspecified atom stereocenters. The fourth-order valence-corrected chi connectivity index (χ4v) is 2.92. The summed E-state index contributed by atoms with van der Waals surface area (Å²) in [6, 6.07) is 18.6. The largest absolute Gasteiger partial charge is 0.350 e. The van der Waals surface area contributed by atoms with Crippen LogP contribution in [0.15, 0.2) is 73.1 Å². The van der Waals surface area contributed by atoms with Gasteiger partial charge in [0.25, 0.3) is 5.91 Å². The van der Waals surface area contributed by atoms with Crippen molar-refractivity contribution in [1.82, 2.24) is 19.7 Å². The number of aryl methyl sites for hydroxylation is 1. The summed E-state index contributed by atoms with van der Waals surface area (Å²) in [4.78, 5) is 21.5. The number of nitrogens with one attached hydrogen (secondary N) is 1. The van der Waals surface area contributed by atoms with Crippen LogP contribution in [0.25, 0.3) is 11.4 Å². The first-order chi connectivity index (χ1) is 14.1. The van der Waals surface area contributed by atoms with E-state index >= 15 is 0 Å². The van der Waals surface area contributed by atoms with Crippen LogP contribution in [0.5, 0.6) is 0 Å². The number of aromatic nitrogens is 4. The van der Waals surface area contributed by atoms with E-state index in [9.17, 15) is 4.79 Å². The second kappa shape index (κ2) is 8.24. The van der Waals surface area contributed by atoms with Crippen molar-refractivity contribution >= 4 is 23.5 Å².